The molecule has 0 aliphatic rings. The van der Waals surface area contributed by atoms with E-state index in [1.54, 1.807) is 23.6 Å². The van der Waals surface area contributed by atoms with Crippen molar-refractivity contribution < 1.29 is 18.8 Å². The van der Waals surface area contributed by atoms with Crippen LogP contribution in [-0.4, -0.2) is 55.7 Å². The van der Waals surface area contributed by atoms with Crippen LogP contribution in [0.15, 0.2) is 12.7 Å². The lowest BCUT2D eigenvalue weighted by Crippen LogP contribution is -2.48. The van der Waals surface area contributed by atoms with E-state index in [-0.39, 0.29) is 12.4 Å². The second kappa shape index (κ2) is 10.5. The Bertz CT molecular complexity index is 1070. The zero-order chi connectivity index (χ0) is 23.9. The molecule has 0 saturated carbocycles. The molecule has 0 amide bonds. The Morgan fingerprint density at radius 1 is 1.34 bits per heavy atom. The largest absolute Gasteiger partial charge is 0.464 e. The summed E-state index contributed by atoms with van der Waals surface area (Å²) in [6.45, 7) is 7.03. The van der Waals surface area contributed by atoms with E-state index in [0.29, 0.717) is 24.1 Å². The molecule has 0 bridgehead atoms. The van der Waals surface area contributed by atoms with E-state index in [1.807, 2.05) is 6.92 Å². The number of nitrogen functional groups attached to an aromatic ring is 1. The van der Waals surface area contributed by atoms with Crippen LogP contribution in [0.1, 0.15) is 34.1 Å². The fourth-order valence-electron chi connectivity index (χ4n) is 2.88. The predicted octanol–water partition coefficient (Wildman–Crippen LogP) is 1.79. The van der Waals surface area contributed by atoms with Crippen molar-refractivity contribution in [1.29, 1.82) is 10.5 Å². The van der Waals surface area contributed by atoms with E-state index in [9.17, 15) is 19.9 Å². The fraction of sp³-hybridized carbons (Fsp3) is 0.579. The molecule has 12 nitrogen and oxygen atoms in total. The number of nitrogens with two attached hydrogens (primary N) is 1. The summed E-state index contributed by atoms with van der Waals surface area (Å²) in [5, 5.41) is 21.4. The Kier molecular flexibility index (Phi) is 8.28. The first-order valence-corrected chi connectivity index (χ1v) is 11.9. The highest BCUT2D eigenvalue weighted by molar-refractivity contribution is 7.63. The molecule has 2 atom stereocenters. The molecule has 32 heavy (non-hydrogen) atoms. The van der Waals surface area contributed by atoms with E-state index in [2.05, 4.69) is 20.0 Å². The third-order valence-electron chi connectivity index (χ3n) is 4.51. The Morgan fingerprint density at radius 3 is 2.66 bits per heavy atom. The average Bonchev–Trinajstić information content (AvgIpc) is 3.15. The smallest absolute Gasteiger partial charge is 0.326 e. The summed E-state index contributed by atoms with van der Waals surface area (Å²) in [5.74, 6) is -0.386. The second-order valence-corrected chi connectivity index (χ2v) is 10.4. The number of nitrogens with one attached hydrogen (secondary N) is 1. The van der Waals surface area contributed by atoms with Crippen molar-refractivity contribution in [3.63, 3.8) is 0 Å². The highest BCUT2D eigenvalue weighted by atomic mass is 31.2. The number of ether oxygens (including phenoxy) is 2. The molecule has 2 aromatic rings. The van der Waals surface area contributed by atoms with E-state index >= 15 is 0 Å². The quantitative estimate of drug-likeness (QED) is 0.367. The van der Waals surface area contributed by atoms with Gasteiger partial charge < -0.3 is 24.3 Å². The Labute approximate surface area is 186 Å². The predicted molar refractivity (Wildman–Crippen MR) is 116 cm³/mol. The molecule has 0 aromatic carbocycles. The van der Waals surface area contributed by atoms with Crippen LogP contribution in [-0.2, 0) is 25.4 Å². The van der Waals surface area contributed by atoms with Gasteiger partial charge in [-0.2, -0.15) is 10.5 Å². The number of rotatable bonds is 11. The van der Waals surface area contributed by atoms with Crippen LogP contribution in [0.25, 0.3) is 11.2 Å². The molecule has 13 heteroatoms. The van der Waals surface area contributed by atoms with Gasteiger partial charge in [0.15, 0.2) is 17.1 Å². The molecule has 0 fully saturated rings. The second-order valence-electron chi connectivity index (χ2n) is 7.76. The zero-order valence-corrected chi connectivity index (χ0v) is 19.4. The lowest BCUT2D eigenvalue weighted by atomic mass is 10.1. The maximum Gasteiger partial charge on any atom is 0.326 e. The van der Waals surface area contributed by atoms with Crippen molar-refractivity contribution in [2.75, 3.05) is 18.7 Å². The van der Waals surface area contributed by atoms with E-state index in [0.717, 1.165) is 0 Å². The van der Waals surface area contributed by atoms with E-state index in [1.165, 1.54) is 26.5 Å². The molecular formula is C19H27N8O4P. The van der Waals surface area contributed by atoms with Gasteiger partial charge in [0.05, 0.1) is 37.7 Å². The number of anilines is 1. The molecule has 2 heterocycles. The first-order chi connectivity index (χ1) is 15.1. The summed E-state index contributed by atoms with van der Waals surface area (Å²) >= 11 is 0. The fourth-order valence-corrected chi connectivity index (χ4v) is 5.11. The normalized spacial score (nSPS) is 14.5. The molecule has 3 N–H and O–H groups in total. The van der Waals surface area contributed by atoms with Crippen molar-refractivity contribution >= 4 is 30.2 Å². The van der Waals surface area contributed by atoms with Crippen LogP contribution in [0.3, 0.4) is 0 Å². The topological polar surface area (TPSA) is 182 Å². The first kappa shape index (κ1) is 25.2. The Morgan fingerprint density at radius 2 is 2.03 bits per heavy atom. The van der Waals surface area contributed by atoms with Crippen molar-refractivity contribution in [1.82, 2.24) is 24.6 Å². The molecule has 0 spiro atoms. The number of carbonyl (C=O) groups is 1. The number of hydrogen-bond donors (Lipinski definition) is 2. The molecule has 172 valence electrons. The van der Waals surface area contributed by atoms with Crippen molar-refractivity contribution in [2.45, 2.75) is 58.0 Å². The maximum atomic E-state index is 13.6. The number of fused-ring (bicyclic) bond motifs is 1. The number of nitrogens with zero attached hydrogens (tertiary/aromatic N) is 6. The molecule has 2 rings (SSSR count). The molecule has 2 aromatic heterocycles. The number of carbonyl (C=O) groups excluding carboxylic acids is 1. The van der Waals surface area contributed by atoms with Gasteiger partial charge in [0.25, 0.3) is 0 Å². The van der Waals surface area contributed by atoms with Crippen LogP contribution < -0.4 is 10.8 Å². The summed E-state index contributed by atoms with van der Waals surface area (Å²) in [7, 11) is -3.80. The molecular weight excluding hydrogens is 435 g/mol. The van der Waals surface area contributed by atoms with Gasteiger partial charge in [-0.3, -0.25) is 4.79 Å². The number of imidazole rings is 1. The van der Waals surface area contributed by atoms with Gasteiger partial charge in [-0.1, -0.05) is 6.92 Å². The molecule has 0 aliphatic heterocycles. The minimum Gasteiger partial charge on any atom is -0.464 e. The zero-order valence-electron chi connectivity index (χ0n) is 18.5. The molecule has 0 aliphatic carbocycles. The summed E-state index contributed by atoms with van der Waals surface area (Å²) in [4.78, 5) is 24.6. The van der Waals surface area contributed by atoms with Crippen LogP contribution in [0.5, 0.6) is 0 Å². The van der Waals surface area contributed by atoms with Gasteiger partial charge in [-0.25, -0.2) is 20.0 Å². The molecule has 0 radical (unpaired) electrons. The van der Waals surface area contributed by atoms with Crippen LogP contribution in [0.4, 0.5) is 5.82 Å². The minimum atomic E-state index is -3.80. The Hall–Kier alpha value is -3.05. The van der Waals surface area contributed by atoms with Crippen LogP contribution >= 0.6 is 7.29 Å². The Balaban J connectivity index is 2.15. The highest BCUT2D eigenvalue weighted by Gasteiger charge is 2.43. The number of hydrogen-bond acceptors (Lipinski definition) is 10. The lowest BCUT2D eigenvalue weighted by molar-refractivity contribution is -0.149. The van der Waals surface area contributed by atoms with Gasteiger partial charge in [0, 0.05) is 0 Å². The third kappa shape index (κ3) is 5.80. The van der Waals surface area contributed by atoms with Gasteiger partial charge in [-0.15, -0.1) is 0 Å². The number of nitriles is 2. The monoisotopic (exact) mass is 462 g/mol. The SMILES string of the molecule is CCCOC(=O)C(C)(C)N[P@](=O)(CO[C@H](C)Cn1cnc2c(N)ncnc21)C(C#N)C#N. The highest BCUT2D eigenvalue weighted by Crippen LogP contribution is 2.48. The van der Waals surface area contributed by atoms with Crippen LogP contribution in [0.2, 0.25) is 0 Å². The summed E-state index contributed by atoms with van der Waals surface area (Å²) in [5.41, 5.74) is 3.86. The van der Waals surface area contributed by atoms with Gasteiger partial charge in [-0.05, 0) is 27.2 Å². The van der Waals surface area contributed by atoms with Crippen LogP contribution in [0, 0.1) is 22.7 Å². The van der Waals surface area contributed by atoms with Gasteiger partial charge >= 0.3 is 5.97 Å². The minimum absolute atomic E-state index is 0.203. The summed E-state index contributed by atoms with van der Waals surface area (Å²) in [6, 6.07) is 3.46. The average molecular weight is 462 g/mol. The number of esters is 1. The maximum absolute atomic E-state index is 13.6. The van der Waals surface area contributed by atoms with E-state index < -0.39 is 36.9 Å². The third-order valence-corrected chi connectivity index (χ3v) is 7.05. The molecule has 0 unspecified atom stereocenters. The summed E-state index contributed by atoms with van der Waals surface area (Å²) in [6.07, 6.45) is 2.55. The molecule has 0 saturated heterocycles. The summed E-state index contributed by atoms with van der Waals surface area (Å²) < 4.78 is 26.2. The van der Waals surface area contributed by atoms with Crippen molar-refractivity contribution in [2.24, 2.45) is 0 Å². The van der Waals surface area contributed by atoms with Crippen molar-refractivity contribution in [3.8, 4) is 12.1 Å². The van der Waals surface area contributed by atoms with Gasteiger partial charge in [0.2, 0.25) is 7.29 Å². The lowest BCUT2D eigenvalue weighted by Gasteiger charge is -2.31. The van der Waals surface area contributed by atoms with Crippen molar-refractivity contribution in [3.05, 3.63) is 12.7 Å². The first-order valence-electron chi connectivity index (χ1n) is 9.95. The van der Waals surface area contributed by atoms with E-state index in [4.69, 9.17) is 15.2 Å². The number of aromatic nitrogens is 4. The van der Waals surface area contributed by atoms with Gasteiger partial charge in [0.1, 0.15) is 23.7 Å². The standard InChI is InChI=1S/C19H27N8O4P/c1-5-6-30-18(28)19(3,4)26-32(29,14(7-20)8-21)12-31-13(2)9-27-11-25-15-16(22)23-10-24-17(15)27/h10-11,13-14H,5-6,9,12H2,1-4H3,(H,26,29)(H2,22,23,24)/t13-,32+/m1/s1.